The molecule has 0 bridgehead atoms. The first kappa shape index (κ1) is 27.5. The second kappa shape index (κ2) is 13.2. The zero-order valence-corrected chi connectivity index (χ0v) is 23.0. The molecule has 0 aromatic heterocycles. The van der Waals surface area contributed by atoms with E-state index in [0.717, 1.165) is 68.3 Å². The number of aliphatic imine (C=N–C) groups is 1. The van der Waals surface area contributed by atoms with Gasteiger partial charge in [0, 0.05) is 58.3 Å². The summed E-state index contributed by atoms with van der Waals surface area (Å²) in [5, 5.41) is 6.77. The van der Waals surface area contributed by atoms with Gasteiger partial charge in [0.05, 0.1) is 12.6 Å². The van der Waals surface area contributed by atoms with Gasteiger partial charge < -0.3 is 25.0 Å². The van der Waals surface area contributed by atoms with E-state index in [-0.39, 0.29) is 42.0 Å². The molecule has 3 rings (SSSR count). The molecule has 1 aromatic rings. The number of amides is 1. The van der Waals surface area contributed by atoms with E-state index in [1.54, 1.807) is 11.9 Å². The van der Waals surface area contributed by atoms with E-state index in [9.17, 15) is 4.79 Å². The molecule has 2 unspecified atom stereocenters. The molecule has 0 saturated carbocycles. The van der Waals surface area contributed by atoms with Crippen LogP contribution in [0.25, 0.3) is 0 Å². The molecule has 2 aliphatic rings. The Hall–Kier alpha value is -1.75. The third kappa shape index (κ3) is 7.37. The van der Waals surface area contributed by atoms with E-state index < -0.39 is 0 Å². The molecule has 0 radical (unpaired) electrons. The molecule has 8 nitrogen and oxygen atoms in total. The number of benzene rings is 1. The lowest BCUT2D eigenvalue weighted by Gasteiger charge is -2.26. The normalized spacial score (nSPS) is 20.0. The summed E-state index contributed by atoms with van der Waals surface area (Å²) in [6, 6.07) is 4.22. The van der Waals surface area contributed by atoms with E-state index in [1.807, 2.05) is 21.0 Å². The highest BCUT2D eigenvalue weighted by Gasteiger charge is 2.31. The molecule has 1 amide bonds. The van der Waals surface area contributed by atoms with E-state index in [1.165, 1.54) is 5.56 Å². The number of rotatable bonds is 9. The summed E-state index contributed by atoms with van der Waals surface area (Å²) in [4.78, 5) is 20.7. The van der Waals surface area contributed by atoms with Gasteiger partial charge in [0.25, 0.3) is 0 Å². The minimum atomic E-state index is 0. The number of fused-ring (bicyclic) bond motifs is 1. The van der Waals surface area contributed by atoms with E-state index >= 15 is 0 Å². The molecule has 9 heteroatoms. The molecule has 2 aliphatic heterocycles. The number of nitrogens with zero attached hydrogens (tertiary/aromatic N) is 3. The Morgan fingerprint density at radius 2 is 2.12 bits per heavy atom. The molecule has 2 N–H and O–H groups in total. The summed E-state index contributed by atoms with van der Waals surface area (Å²) in [6.07, 6.45) is 4.13. The summed E-state index contributed by atoms with van der Waals surface area (Å²) in [5.74, 6) is 2.82. The molecule has 2 atom stereocenters. The lowest BCUT2D eigenvalue weighted by molar-refractivity contribution is -0.133. The van der Waals surface area contributed by atoms with Gasteiger partial charge in [-0.1, -0.05) is 0 Å². The van der Waals surface area contributed by atoms with E-state index in [2.05, 4.69) is 39.6 Å². The Balaban J connectivity index is 0.00000385. The Bertz CT molecular complexity index is 818. The van der Waals surface area contributed by atoms with Gasteiger partial charge in [-0.3, -0.25) is 14.7 Å². The van der Waals surface area contributed by atoms with Gasteiger partial charge in [-0.2, -0.15) is 0 Å². The van der Waals surface area contributed by atoms with Crippen LogP contribution in [0.3, 0.4) is 0 Å². The van der Waals surface area contributed by atoms with E-state index in [4.69, 9.17) is 9.47 Å². The molecule has 1 saturated heterocycles. The number of likely N-dealkylation sites (N-methyl/N-ethyl adjacent to an activating group) is 1. The van der Waals surface area contributed by atoms with Gasteiger partial charge >= 0.3 is 0 Å². The quantitative estimate of drug-likeness (QED) is 0.205. The Kier molecular flexibility index (Phi) is 11.0. The molecule has 0 spiro atoms. The average molecular weight is 574 g/mol. The third-order valence-corrected chi connectivity index (χ3v) is 6.05. The first-order valence-electron chi connectivity index (χ1n) is 11.8. The van der Waals surface area contributed by atoms with Crippen LogP contribution in [-0.4, -0.2) is 81.2 Å². The van der Waals surface area contributed by atoms with Crippen LogP contribution in [-0.2, 0) is 17.8 Å². The fourth-order valence-corrected chi connectivity index (χ4v) is 4.47. The number of carbonyl (C=O) groups excluding carboxylic acids is 1. The van der Waals surface area contributed by atoms with Crippen LogP contribution in [0.5, 0.6) is 11.5 Å². The number of hydrogen-bond acceptors (Lipinski definition) is 5. The molecular formula is C24H40IN5O3. The zero-order chi connectivity index (χ0) is 23.1. The Morgan fingerprint density at radius 3 is 2.82 bits per heavy atom. The predicted molar refractivity (Wildman–Crippen MR) is 143 cm³/mol. The van der Waals surface area contributed by atoms with Crippen molar-refractivity contribution in [1.82, 2.24) is 20.4 Å². The number of likely N-dealkylation sites (tertiary alicyclic amines) is 1. The van der Waals surface area contributed by atoms with Crippen LogP contribution >= 0.6 is 24.0 Å². The maximum Gasteiger partial charge on any atom is 0.239 e. The van der Waals surface area contributed by atoms with Crippen molar-refractivity contribution in [2.24, 2.45) is 4.99 Å². The fraction of sp³-hybridized carbons (Fsp3) is 0.667. The van der Waals surface area contributed by atoms with Crippen LogP contribution in [0.4, 0.5) is 0 Å². The van der Waals surface area contributed by atoms with Gasteiger partial charge in [-0.15, -0.1) is 24.0 Å². The summed E-state index contributed by atoms with van der Waals surface area (Å²) >= 11 is 0. The summed E-state index contributed by atoms with van der Waals surface area (Å²) < 4.78 is 11.8. The van der Waals surface area contributed by atoms with Crippen molar-refractivity contribution < 1.29 is 14.3 Å². The second-order valence-corrected chi connectivity index (χ2v) is 8.77. The fourth-order valence-electron chi connectivity index (χ4n) is 4.47. The summed E-state index contributed by atoms with van der Waals surface area (Å²) in [5.41, 5.74) is 2.27. The Morgan fingerprint density at radius 1 is 1.33 bits per heavy atom. The molecule has 0 aliphatic carbocycles. The monoisotopic (exact) mass is 573 g/mol. The summed E-state index contributed by atoms with van der Waals surface area (Å²) in [7, 11) is 5.44. The van der Waals surface area contributed by atoms with Crippen molar-refractivity contribution in [3.05, 3.63) is 23.3 Å². The van der Waals surface area contributed by atoms with Crippen molar-refractivity contribution in [3.63, 3.8) is 0 Å². The number of hydrogen-bond donors (Lipinski definition) is 2. The van der Waals surface area contributed by atoms with Gasteiger partial charge in [-0.25, -0.2) is 0 Å². The van der Waals surface area contributed by atoms with Crippen molar-refractivity contribution in [1.29, 1.82) is 0 Å². The first-order chi connectivity index (χ1) is 15.4. The van der Waals surface area contributed by atoms with Crippen molar-refractivity contribution in [2.45, 2.75) is 58.2 Å². The van der Waals surface area contributed by atoms with Gasteiger partial charge in [0.2, 0.25) is 5.91 Å². The molecule has 2 heterocycles. The lowest BCUT2D eigenvalue weighted by Crippen LogP contribution is -2.44. The number of nitrogens with one attached hydrogen (secondary N) is 2. The van der Waals surface area contributed by atoms with E-state index in [0.29, 0.717) is 13.2 Å². The molecule has 186 valence electrons. The smallest absolute Gasteiger partial charge is 0.239 e. The molecule has 1 fully saturated rings. The van der Waals surface area contributed by atoms with Crippen LogP contribution < -0.4 is 20.1 Å². The number of guanidine groups is 1. The topological polar surface area (TPSA) is 78.4 Å². The highest BCUT2D eigenvalue weighted by atomic mass is 127. The Labute approximate surface area is 215 Å². The standard InChI is InChI=1S/C24H39N5O3.HI/c1-6-31-21-14-18-13-17(2)32-22(18)15-19(21)16-27-24(25-3)26-10-8-12-29-11-7-9-20(29)23(30)28(4)5;/h14-15,17,20H,6-13,16H2,1-5H3,(H2,25,26,27);1H. The average Bonchev–Trinajstić information content (AvgIpc) is 3.37. The van der Waals surface area contributed by atoms with Crippen molar-refractivity contribution in [3.8, 4) is 11.5 Å². The highest BCUT2D eigenvalue weighted by Crippen LogP contribution is 2.35. The minimum absolute atomic E-state index is 0. The molecule has 1 aromatic carbocycles. The third-order valence-electron chi connectivity index (χ3n) is 6.05. The van der Waals surface area contributed by atoms with Crippen LogP contribution in [0.15, 0.2) is 17.1 Å². The summed E-state index contributed by atoms with van der Waals surface area (Å²) in [6.45, 7) is 8.02. The minimum Gasteiger partial charge on any atom is -0.494 e. The molecule has 33 heavy (non-hydrogen) atoms. The first-order valence-corrected chi connectivity index (χ1v) is 11.8. The second-order valence-electron chi connectivity index (χ2n) is 8.77. The zero-order valence-electron chi connectivity index (χ0n) is 20.6. The van der Waals surface area contributed by atoms with Crippen molar-refractivity contribution >= 4 is 35.8 Å². The van der Waals surface area contributed by atoms with Gasteiger partial charge in [0.1, 0.15) is 17.6 Å². The van der Waals surface area contributed by atoms with Crippen LogP contribution in [0.2, 0.25) is 0 Å². The van der Waals surface area contributed by atoms with Gasteiger partial charge in [0.15, 0.2) is 5.96 Å². The molecular weight excluding hydrogens is 533 g/mol. The SMILES string of the molecule is CCOc1cc2c(cc1CNC(=NC)NCCCN1CCCC1C(=O)N(C)C)OC(C)C2.I. The lowest BCUT2D eigenvalue weighted by atomic mass is 10.1. The number of carbonyl (C=O) groups is 1. The maximum absolute atomic E-state index is 12.3. The number of ether oxygens (including phenoxy) is 2. The largest absolute Gasteiger partial charge is 0.494 e. The van der Waals surface area contributed by atoms with Crippen LogP contribution in [0.1, 0.15) is 44.2 Å². The number of halogens is 1. The maximum atomic E-state index is 12.3. The van der Waals surface area contributed by atoms with Crippen LogP contribution in [0, 0.1) is 0 Å². The van der Waals surface area contributed by atoms with Crippen molar-refractivity contribution in [2.75, 3.05) is 47.4 Å². The highest BCUT2D eigenvalue weighted by molar-refractivity contribution is 14.0. The van der Waals surface area contributed by atoms with Gasteiger partial charge in [-0.05, 0) is 51.8 Å². The predicted octanol–water partition coefficient (Wildman–Crippen LogP) is 2.63.